The summed E-state index contributed by atoms with van der Waals surface area (Å²) in [5.41, 5.74) is 1.60. The highest BCUT2D eigenvalue weighted by molar-refractivity contribution is 5.89. The van der Waals surface area contributed by atoms with Crippen LogP contribution in [0.1, 0.15) is 27.2 Å². The van der Waals surface area contributed by atoms with E-state index >= 15 is 0 Å². The molecule has 0 fully saturated rings. The number of methoxy groups -OCH3 is 1. The van der Waals surface area contributed by atoms with Gasteiger partial charge in [-0.25, -0.2) is 0 Å². The molecule has 0 aliphatic rings. The lowest BCUT2D eigenvalue weighted by atomic mass is 10.2. The van der Waals surface area contributed by atoms with E-state index < -0.39 is 5.97 Å². The van der Waals surface area contributed by atoms with Gasteiger partial charge in [-0.3, -0.25) is 9.59 Å². The molecule has 0 bridgehead atoms. The molecular weight excluding hydrogens is 298 g/mol. The zero-order chi connectivity index (χ0) is 17.8. The average molecular weight is 321 g/mol. The standard InChI is InChI=1S/C14H19N3O2.C2H4O2/c1-4-17(9-5-8-15)13-10-12(16-11(2)18)6-7-14(13)19-3;1-2(3)4/h6-7,10H,4-5,9H2,1-3H3,(H,16,18);1H3,(H,3,4). The Balaban J connectivity index is 0.00000108. The molecule has 0 unspecified atom stereocenters. The van der Waals surface area contributed by atoms with E-state index in [0.717, 1.165) is 30.6 Å². The fourth-order valence-corrected chi connectivity index (χ4v) is 1.85. The van der Waals surface area contributed by atoms with Crippen molar-refractivity contribution in [1.29, 1.82) is 5.26 Å². The zero-order valence-corrected chi connectivity index (χ0v) is 13.9. The summed E-state index contributed by atoms with van der Waals surface area (Å²) in [6, 6.07) is 7.61. The second kappa shape index (κ2) is 10.9. The second-order valence-electron chi connectivity index (χ2n) is 4.57. The lowest BCUT2D eigenvalue weighted by Gasteiger charge is -2.24. The summed E-state index contributed by atoms with van der Waals surface area (Å²) in [5.74, 6) is -0.218. The number of rotatable bonds is 6. The van der Waals surface area contributed by atoms with Gasteiger partial charge in [-0.2, -0.15) is 5.26 Å². The first-order chi connectivity index (χ1) is 10.8. The number of ether oxygens (including phenoxy) is 1. The molecule has 1 amide bonds. The Morgan fingerprint density at radius 3 is 2.43 bits per heavy atom. The molecule has 2 N–H and O–H groups in total. The molecular formula is C16H23N3O4. The Bertz CT molecular complexity index is 563. The van der Waals surface area contributed by atoms with E-state index in [1.165, 1.54) is 6.92 Å². The van der Waals surface area contributed by atoms with Crippen LogP contribution in [0.25, 0.3) is 0 Å². The lowest BCUT2D eigenvalue weighted by Crippen LogP contribution is -2.24. The summed E-state index contributed by atoms with van der Waals surface area (Å²) in [7, 11) is 1.61. The van der Waals surface area contributed by atoms with Crippen LogP contribution in [0.5, 0.6) is 5.75 Å². The van der Waals surface area contributed by atoms with Crippen LogP contribution in [-0.2, 0) is 9.59 Å². The Morgan fingerprint density at radius 2 is 2.00 bits per heavy atom. The Hall–Kier alpha value is -2.75. The van der Waals surface area contributed by atoms with Crippen molar-refractivity contribution in [3.05, 3.63) is 18.2 Å². The van der Waals surface area contributed by atoms with E-state index in [9.17, 15) is 4.79 Å². The number of carboxylic acids is 1. The molecule has 0 spiro atoms. The van der Waals surface area contributed by atoms with E-state index in [-0.39, 0.29) is 5.91 Å². The number of hydrogen-bond donors (Lipinski definition) is 2. The van der Waals surface area contributed by atoms with Gasteiger partial charge in [0.1, 0.15) is 5.75 Å². The van der Waals surface area contributed by atoms with Gasteiger partial charge in [0.2, 0.25) is 5.91 Å². The predicted octanol–water partition coefficient (Wildman–Crippen LogP) is 2.48. The molecule has 1 rings (SSSR count). The van der Waals surface area contributed by atoms with Crippen molar-refractivity contribution in [2.24, 2.45) is 0 Å². The van der Waals surface area contributed by atoms with Crippen molar-refractivity contribution in [2.45, 2.75) is 27.2 Å². The monoisotopic (exact) mass is 321 g/mol. The third-order valence-corrected chi connectivity index (χ3v) is 2.72. The number of amides is 1. The van der Waals surface area contributed by atoms with Crippen molar-refractivity contribution in [3.63, 3.8) is 0 Å². The third kappa shape index (κ3) is 8.31. The third-order valence-electron chi connectivity index (χ3n) is 2.72. The van der Waals surface area contributed by atoms with Crippen LogP contribution in [0.15, 0.2) is 18.2 Å². The second-order valence-corrected chi connectivity index (χ2v) is 4.57. The number of aliphatic carboxylic acids is 1. The van der Waals surface area contributed by atoms with E-state index in [2.05, 4.69) is 11.4 Å². The number of nitrogens with zero attached hydrogens (tertiary/aromatic N) is 2. The Kier molecular flexibility index (Phi) is 9.60. The molecule has 0 saturated heterocycles. The number of carbonyl (C=O) groups is 2. The van der Waals surface area contributed by atoms with Crippen LogP contribution >= 0.6 is 0 Å². The lowest BCUT2D eigenvalue weighted by molar-refractivity contribution is -0.134. The fourth-order valence-electron chi connectivity index (χ4n) is 1.85. The van der Waals surface area contributed by atoms with Gasteiger partial charge < -0.3 is 20.1 Å². The average Bonchev–Trinajstić information content (AvgIpc) is 2.47. The van der Waals surface area contributed by atoms with Crippen LogP contribution < -0.4 is 15.0 Å². The minimum absolute atomic E-state index is 0.115. The first-order valence-electron chi connectivity index (χ1n) is 7.12. The molecule has 0 heterocycles. The minimum atomic E-state index is -0.833. The smallest absolute Gasteiger partial charge is 0.300 e. The summed E-state index contributed by atoms with van der Waals surface area (Å²) >= 11 is 0. The summed E-state index contributed by atoms with van der Waals surface area (Å²) in [6.45, 7) is 5.97. The van der Waals surface area contributed by atoms with Crippen LogP contribution in [0, 0.1) is 11.3 Å². The highest BCUT2D eigenvalue weighted by Crippen LogP contribution is 2.31. The topological polar surface area (TPSA) is 103 Å². The SMILES string of the molecule is CC(=O)O.CCN(CCC#N)c1cc(NC(C)=O)ccc1OC. The first kappa shape index (κ1) is 20.2. The number of hydrogen-bond acceptors (Lipinski definition) is 5. The number of benzene rings is 1. The van der Waals surface area contributed by atoms with Crippen molar-refractivity contribution in [2.75, 3.05) is 30.4 Å². The molecule has 7 heteroatoms. The largest absolute Gasteiger partial charge is 0.495 e. The molecule has 126 valence electrons. The number of nitrogens with one attached hydrogen (secondary N) is 1. The summed E-state index contributed by atoms with van der Waals surface area (Å²) < 4.78 is 5.33. The maximum atomic E-state index is 11.1. The molecule has 1 aromatic carbocycles. The van der Waals surface area contributed by atoms with E-state index in [4.69, 9.17) is 19.9 Å². The Morgan fingerprint density at radius 1 is 1.39 bits per heavy atom. The molecule has 1 aromatic rings. The summed E-state index contributed by atoms with van der Waals surface area (Å²) in [5, 5.41) is 18.9. The van der Waals surface area contributed by atoms with Crippen molar-refractivity contribution < 1.29 is 19.4 Å². The molecule has 0 aromatic heterocycles. The minimum Gasteiger partial charge on any atom is -0.495 e. The zero-order valence-electron chi connectivity index (χ0n) is 13.9. The molecule has 0 aliphatic carbocycles. The fraction of sp³-hybridized carbons (Fsp3) is 0.438. The van der Waals surface area contributed by atoms with Gasteiger partial charge in [0.15, 0.2) is 0 Å². The molecule has 7 nitrogen and oxygen atoms in total. The van der Waals surface area contributed by atoms with Gasteiger partial charge in [-0.05, 0) is 25.1 Å². The molecule has 23 heavy (non-hydrogen) atoms. The molecule has 0 atom stereocenters. The number of nitriles is 1. The van der Waals surface area contributed by atoms with E-state index in [0.29, 0.717) is 13.0 Å². The number of carboxylic acid groups (broad SMARTS) is 1. The number of carbonyl (C=O) groups excluding carboxylic acids is 1. The maximum Gasteiger partial charge on any atom is 0.300 e. The highest BCUT2D eigenvalue weighted by atomic mass is 16.5. The Labute approximate surface area is 136 Å². The molecule has 0 radical (unpaired) electrons. The first-order valence-corrected chi connectivity index (χ1v) is 7.12. The predicted molar refractivity (Wildman–Crippen MR) is 88.7 cm³/mol. The number of anilines is 2. The van der Waals surface area contributed by atoms with Gasteiger partial charge >= 0.3 is 0 Å². The van der Waals surface area contributed by atoms with Crippen LogP contribution in [-0.4, -0.2) is 37.2 Å². The molecule has 0 aliphatic heterocycles. The summed E-state index contributed by atoms with van der Waals surface area (Å²) in [6.07, 6.45) is 0.446. The van der Waals surface area contributed by atoms with Crippen molar-refractivity contribution in [3.8, 4) is 11.8 Å². The van der Waals surface area contributed by atoms with Gasteiger partial charge in [0.05, 0.1) is 25.3 Å². The van der Waals surface area contributed by atoms with Gasteiger partial charge in [-0.1, -0.05) is 0 Å². The van der Waals surface area contributed by atoms with E-state index in [1.54, 1.807) is 13.2 Å². The van der Waals surface area contributed by atoms with Gasteiger partial charge in [0, 0.05) is 32.6 Å². The van der Waals surface area contributed by atoms with Crippen LogP contribution in [0.2, 0.25) is 0 Å². The van der Waals surface area contributed by atoms with Crippen molar-refractivity contribution in [1.82, 2.24) is 0 Å². The normalized spacial score (nSPS) is 9.00. The maximum absolute atomic E-state index is 11.1. The van der Waals surface area contributed by atoms with Gasteiger partial charge in [-0.15, -0.1) is 0 Å². The molecule has 0 saturated carbocycles. The van der Waals surface area contributed by atoms with Crippen LogP contribution in [0.3, 0.4) is 0 Å². The quantitative estimate of drug-likeness (QED) is 0.834. The highest BCUT2D eigenvalue weighted by Gasteiger charge is 2.11. The van der Waals surface area contributed by atoms with Crippen molar-refractivity contribution >= 4 is 23.3 Å². The van der Waals surface area contributed by atoms with Crippen LogP contribution in [0.4, 0.5) is 11.4 Å². The van der Waals surface area contributed by atoms with E-state index in [1.807, 2.05) is 24.0 Å². The van der Waals surface area contributed by atoms with Gasteiger partial charge in [0.25, 0.3) is 5.97 Å². The summed E-state index contributed by atoms with van der Waals surface area (Å²) in [4.78, 5) is 22.1.